The fourth-order valence-electron chi connectivity index (χ4n) is 7.67. The van der Waals surface area contributed by atoms with Gasteiger partial charge in [-0.3, -0.25) is 4.79 Å². The monoisotopic (exact) mass is 318 g/mol. The molecule has 0 spiro atoms. The number of hydrogen-bond acceptors (Lipinski definition) is 2. The third-order valence-corrected chi connectivity index (χ3v) is 8.77. The molecule has 0 amide bonds. The van der Waals surface area contributed by atoms with Gasteiger partial charge < -0.3 is 4.74 Å². The molecule has 0 aromatic heterocycles. The highest BCUT2D eigenvalue weighted by molar-refractivity contribution is 5.66. The lowest BCUT2D eigenvalue weighted by molar-refractivity contribution is -0.188. The predicted octanol–water partition coefficient (Wildman–Crippen LogP) is 5.35. The van der Waals surface area contributed by atoms with E-state index >= 15 is 0 Å². The summed E-state index contributed by atoms with van der Waals surface area (Å²) in [6.45, 7) is 6.67. The van der Waals surface area contributed by atoms with E-state index in [9.17, 15) is 4.79 Å². The van der Waals surface area contributed by atoms with E-state index < -0.39 is 0 Å². The molecule has 130 valence electrons. The van der Waals surface area contributed by atoms with E-state index in [2.05, 4.69) is 13.8 Å². The molecular formula is C21H34O2. The molecule has 0 aromatic carbocycles. The van der Waals surface area contributed by atoms with Crippen LogP contribution in [0.25, 0.3) is 0 Å². The molecule has 0 radical (unpaired) electrons. The Labute approximate surface area is 141 Å². The van der Waals surface area contributed by atoms with Crippen molar-refractivity contribution in [3.8, 4) is 0 Å². The number of fused-ring (bicyclic) bond motifs is 5. The average molecular weight is 319 g/mol. The third kappa shape index (κ3) is 2.30. The molecule has 0 bridgehead atoms. The highest BCUT2D eigenvalue weighted by Crippen LogP contribution is 2.66. The highest BCUT2D eigenvalue weighted by atomic mass is 16.5. The van der Waals surface area contributed by atoms with E-state index in [0.717, 1.165) is 30.1 Å². The summed E-state index contributed by atoms with van der Waals surface area (Å²) in [5.41, 5.74) is 0.868. The molecule has 0 aliphatic heterocycles. The Balaban J connectivity index is 1.66. The van der Waals surface area contributed by atoms with E-state index in [0.29, 0.717) is 5.41 Å². The van der Waals surface area contributed by atoms with E-state index in [1.165, 1.54) is 57.8 Å². The molecule has 23 heavy (non-hydrogen) atoms. The van der Waals surface area contributed by atoms with Crippen LogP contribution in [0.4, 0.5) is 0 Å². The molecular weight excluding hydrogens is 284 g/mol. The van der Waals surface area contributed by atoms with Crippen molar-refractivity contribution in [1.29, 1.82) is 0 Å². The van der Waals surface area contributed by atoms with E-state index in [4.69, 9.17) is 4.74 Å². The minimum atomic E-state index is -0.0690. The molecule has 4 aliphatic rings. The smallest absolute Gasteiger partial charge is 0.302 e. The number of hydrogen-bond donors (Lipinski definition) is 0. The van der Waals surface area contributed by atoms with Gasteiger partial charge in [-0.2, -0.15) is 0 Å². The maximum Gasteiger partial charge on any atom is 0.302 e. The first-order valence-corrected chi connectivity index (χ1v) is 10.1. The van der Waals surface area contributed by atoms with Crippen molar-refractivity contribution in [3.63, 3.8) is 0 Å². The van der Waals surface area contributed by atoms with Crippen molar-refractivity contribution in [2.45, 2.75) is 91.1 Å². The molecule has 0 aromatic rings. The summed E-state index contributed by atoms with van der Waals surface area (Å²) in [7, 11) is 0. The molecule has 0 saturated heterocycles. The zero-order valence-electron chi connectivity index (χ0n) is 15.3. The highest BCUT2D eigenvalue weighted by Gasteiger charge is 2.60. The van der Waals surface area contributed by atoms with Gasteiger partial charge in [0, 0.05) is 12.3 Å². The maximum absolute atomic E-state index is 11.7. The van der Waals surface area contributed by atoms with Gasteiger partial charge in [0.2, 0.25) is 0 Å². The summed E-state index contributed by atoms with van der Waals surface area (Å²) in [5.74, 6) is 3.35. The summed E-state index contributed by atoms with van der Waals surface area (Å²) >= 11 is 0. The molecule has 2 nitrogen and oxygen atoms in total. The van der Waals surface area contributed by atoms with Gasteiger partial charge in [-0.05, 0) is 86.9 Å². The summed E-state index contributed by atoms with van der Waals surface area (Å²) in [5, 5.41) is 0. The quantitative estimate of drug-likeness (QED) is 0.609. The summed E-state index contributed by atoms with van der Waals surface area (Å²) in [6, 6.07) is 0. The Morgan fingerprint density at radius 3 is 2.52 bits per heavy atom. The minimum Gasteiger partial charge on any atom is -0.462 e. The van der Waals surface area contributed by atoms with E-state index in [-0.39, 0.29) is 17.5 Å². The van der Waals surface area contributed by atoms with Crippen LogP contribution in [-0.2, 0) is 9.53 Å². The van der Waals surface area contributed by atoms with Crippen molar-refractivity contribution < 1.29 is 9.53 Å². The second-order valence-corrected chi connectivity index (χ2v) is 9.63. The molecule has 0 heterocycles. The Kier molecular flexibility index (Phi) is 3.81. The van der Waals surface area contributed by atoms with Crippen LogP contribution in [-0.4, -0.2) is 12.1 Å². The zero-order valence-corrected chi connectivity index (χ0v) is 15.3. The molecule has 4 rings (SSSR count). The Morgan fingerprint density at radius 2 is 1.74 bits per heavy atom. The van der Waals surface area contributed by atoms with Crippen LogP contribution in [0.5, 0.6) is 0 Å². The second kappa shape index (κ2) is 5.49. The first kappa shape index (κ1) is 16.0. The Hall–Kier alpha value is -0.530. The van der Waals surface area contributed by atoms with Crippen LogP contribution in [0.3, 0.4) is 0 Å². The fourth-order valence-corrected chi connectivity index (χ4v) is 7.67. The Bertz CT molecular complexity index is 486. The van der Waals surface area contributed by atoms with Crippen LogP contribution < -0.4 is 0 Å². The summed E-state index contributed by atoms with van der Waals surface area (Å²) < 4.78 is 5.91. The summed E-state index contributed by atoms with van der Waals surface area (Å²) in [4.78, 5) is 11.7. The van der Waals surface area contributed by atoms with Crippen molar-refractivity contribution in [3.05, 3.63) is 0 Å². The van der Waals surface area contributed by atoms with Crippen LogP contribution in [0.1, 0.15) is 85.0 Å². The number of esters is 1. The molecule has 7 atom stereocenters. The number of carbonyl (C=O) groups is 1. The topological polar surface area (TPSA) is 26.3 Å². The van der Waals surface area contributed by atoms with Gasteiger partial charge in [-0.25, -0.2) is 0 Å². The van der Waals surface area contributed by atoms with Crippen molar-refractivity contribution in [1.82, 2.24) is 0 Å². The van der Waals surface area contributed by atoms with Crippen molar-refractivity contribution in [2.24, 2.45) is 34.5 Å². The molecule has 4 saturated carbocycles. The third-order valence-electron chi connectivity index (χ3n) is 8.77. The SMILES string of the molecule is CC(=O)O[C@H]1CCC[C@@H]2CC[C@H]3[C@@H]4CCC[C@@]4(C)CC[C@@H]3[C@]21C. The van der Waals surface area contributed by atoms with Crippen LogP contribution in [0.15, 0.2) is 0 Å². The number of carbonyl (C=O) groups excluding carboxylic acids is 1. The lowest BCUT2D eigenvalue weighted by Gasteiger charge is -2.61. The predicted molar refractivity (Wildman–Crippen MR) is 91.9 cm³/mol. The fraction of sp³-hybridized carbons (Fsp3) is 0.952. The van der Waals surface area contributed by atoms with E-state index in [1.807, 2.05) is 0 Å². The average Bonchev–Trinajstić information content (AvgIpc) is 2.89. The van der Waals surface area contributed by atoms with Gasteiger partial charge in [0.15, 0.2) is 0 Å². The van der Waals surface area contributed by atoms with E-state index in [1.54, 1.807) is 6.92 Å². The molecule has 0 unspecified atom stereocenters. The van der Waals surface area contributed by atoms with Crippen molar-refractivity contribution in [2.75, 3.05) is 0 Å². The molecule has 2 heteroatoms. The van der Waals surface area contributed by atoms with Gasteiger partial charge in [-0.15, -0.1) is 0 Å². The van der Waals surface area contributed by atoms with Crippen LogP contribution in [0, 0.1) is 34.5 Å². The molecule has 4 fully saturated rings. The Morgan fingerprint density at radius 1 is 0.913 bits per heavy atom. The standard InChI is InChI=1S/C21H34O2/c1-14(22)23-19-8-4-6-15-9-10-16-17-7-5-12-20(17,2)13-11-18(16)21(15,19)3/h15-19H,4-13H2,1-3H3/t15-,16+,17+,18+,19+,20+,21+/m1/s1. The van der Waals surface area contributed by atoms with Crippen LogP contribution >= 0.6 is 0 Å². The van der Waals surface area contributed by atoms with Gasteiger partial charge >= 0.3 is 5.97 Å². The largest absolute Gasteiger partial charge is 0.462 e. The zero-order chi connectivity index (χ0) is 16.2. The van der Waals surface area contributed by atoms with Gasteiger partial charge in [0.05, 0.1) is 0 Å². The number of ether oxygens (including phenoxy) is 1. The number of rotatable bonds is 1. The minimum absolute atomic E-state index is 0.0690. The van der Waals surface area contributed by atoms with Gasteiger partial charge in [0.25, 0.3) is 0 Å². The molecule has 4 aliphatic carbocycles. The first-order valence-electron chi connectivity index (χ1n) is 10.1. The van der Waals surface area contributed by atoms with Crippen molar-refractivity contribution >= 4 is 5.97 Å². The lowest BCUT2D eigenvalue weighted by Crippen LogP contribution is -2.57. The first-order chi connectivity index (χ1) is 10.9. The lowest BCUT2D eigenvalue weighted by atomic mass is 9.44. The van der Waals surface area contributed by atoms with Crippen LogP contribution in [0.2, 0.25) is 0 Å². The van der Waals surface area contributed by atoms with Gasteiger partial charge in [0.1, 0.15) is 6.10 Å². The summed E-state index contributed by atoms with van der Waals surface area (Å²) in [6.07, 6.45) is 13.8. The second-order valence-electron chi connectivity index (χ2n) is 9.63. The van der Waals surface area contributed by atoms with Gasteiger partial charge in [-0.1, -0.05) is 20.3 Å². The molecule has 0 N–H and O–H groups in total. The normalized spacial score (nSPS) is 52.2. The maximum atomic E-state index is 11.7.